The molecule has 0 N–H and O–H groups in total. The highest BCUT2D eigenvalue weighted by Crippen LogP contribution is 2.21. The van der Waals surface area contributed by atoms with E-state index in [9.17, 15) is 9.90 Å². The van der Waals surface area contributed by atoms with Crippen molar-refractivity contribution in [3.05, 3.63) is 0 Å². The molecule has 0 radical (unpaired) electrons. The average molecular weight is 155 g/mol. The first-order valence-electron chi connectivity index (χ1n) is 4.51. The second-order valence-corrected chi connectivity index (χ2v) is 3.36. The fourth-order valence-electron chi connectivity index (χ4n) is 1.69. The van der Waals surface area contributed by atoms with Crippen LogP contribution in [0, 0.1) is 5.92 Å². The zero-order valence-corrected chi connectivity index (χ0v) is 6.84. The number of hydrogen-bond donors (Lipinski definition) is 0. The van der Waals surface area contributed by atoms with E-state index in [1.54, 1.807) is 0 Å². The maximum absolute atomic E-state index is 10.5. The molecule has 0 atom stereocenters. The maximum atomic E-state index is 10.5. The zero-order chi connectivity index (χ0) is 8.10. The zero-order valence-electron chi connectivity index (χ0n) is 6.84. The van der Waals surface area contributed by atoms with Crippen LogP contribution in [0.2, 0.25) is 0 Å². The predicted molar refractivity (Wildman–Crippen MR) is 40.8 cm³/mol. The van der Waals surface area contributed by atoms with Crippen LogP contribution < -0.4 is 5.11 Å². The van der Waals surface area contributed by atoms with Gasteiger partial charge in [0.05, 0.1) is 0 Å². The third-order valence-corrected chi connectivity index (χ3v) is 2.44. The summed E-state index contributed by atoms with van der Waals surface area (Å²) in [5.74, 6) is -0.998. The second kappa shape index (κ2) is 4.37. The summed E-state index contributed by atoms with van der Waals surface area (Å²) in [6, 6.07) is 0. The van der Waals surface area contributed by atoms with E-state index >= 15 is 0 Å². The van der Waals surface area contributed by atoms with Crippen LogP contribution in [0.15, 0.2) is 0 Å². The SMILES string of the molecule is O=C([O-])C1CCCCCCC1. The van der Waals surface area contributed by atoms with Crippen LogP contribution in [-0.2, 0) is 4.79 Å². The molecule has 0 unspecified atom stereocenters. The molecule has 1 rings (SSSR count). The number of rotatable bonds is 1. The van der Waals surface area contributed by atoms with Gasteiger partial charge in [0.1, 0.15) is 0 Å². The Morgan fingerprint density at radius 3 is 1.91 bits per heavy atom. The highest BCUT2D eigenvalue weighted by molar-refractivity contribution is 5.67. The van der Waals surface area contributed by atoms with Crippen LogP contribution >= 0.6 is 0 Å². The Hall–Kier alpha value is -0.530. The highest BCUT2D eigenvalue weighted by atomic mass is 16.4. The molecule has 64 valence electrons. The van der Waals surface area contributed by atoms with Gasteiger partial charge in [-0.2, -0.15) is 0 Å². The molecule has 1 fully saturated rings. The molecule has 0 aromatic rings. The number of hydrogen-bond acceptors (Lipinski definition) is 2. The number of carbonyl (C=O) groups is 1. The van der Waals surface area contributed by atoms with Crippen LogP contribution in [-0.4, -0.2) is 5.97 Å². The van der Waals surface area contributed by atoms with Gasteiger partial charge in [0.2, 0.25) is 0 Å². The molecule has 0 aromatic carbocycles. The topological polar surface area (TPSA) is 40.1 Å². The van der Waals surface area contributed by atoms with Crippen molar-refractivity contribution >= 4 is 5.97 Å². The smallest absolute Gasteiger partial charge is 0.0445 e. The lowest BCUT2D eigenvalue weighted by atomic mass is 9.91. The van der Waals surface area contributed by atoms with E-state index in [4.69, 9.17) is 0 Å². The molecule has 0 heterocycles. The number of carboxylic acids is 1. The Labute approximate surface area is 67.6 Å². The van der Waals surface area contributed by atoms with E-state index in [-0.39, 0.29) is 5.92 Å². The molecule has 11 heavy (non-hydrogen) atoms. The van der Waals surface area contributed by atoms with Crippen molar-refractivity contribution in [2.45, 2.75) is 44.9 Å². The van der Waals surface area contributed by atoms with Gasteiger partial charge in [-0.25, -0.2) is 0 Å². The van der Waals surface area contributed by atoms with Gasteiger partial charge >= 0.3 is 0 Å². The monoisotopic (exact) mass is 155 g/mol. The molecule has 0 saturated heterocycles. The summed E-state index contributed by atoms with van der Waals surface area (Å²) in [6.07, 6.45) is 7.48. The first-order chi connectivity index (χ1) is 5.30. The van der Waals surface area contributed by atoms with Crippen molar-refractivity contribution in [2.75, 3.05) is 0 Å². The van der Waals surface area contributed by atoms with Gasteiger partial charge in [-0.15, -0.1) is 0 Å². The van der Waals surface area contributed by atoms with Gasteiger partial charge in [-0.05, 0) is 18.8 Å². The Bertz CT molecular complexity index is 124. The van der Waals surface area contributed by atoms with E-state index in [0.29, 0.717) is 0 Å². The first-order valence-corrected chi connectivity index (χ1v) is 4.51. The van der Waals surface area contributed by atoms with Crippen LogP contribution in [0.5, 0.6) is 0 Å². The minimum Gasteiger partial charge on any atom is -0.550 e. The number of carboxylic acid groups (broad SMARTS) is 1. The lowest BCUT2D eigenvalue weighted by molar-refractivity contribution is -0.312. The molecule has 1 aliphatic rings. The van der Waals surface area contributed by atoms with Crippen molar-refractivity contribution in [3.63, 3.8) is 0 Å². The maximum Gasteiger partial charge on any atom is 0.0445 e. The fraction of sp³-hybridized carbons (Fsp3) is 0.889. The van der Waals surface area contributed by atoms with Crippen LogP contribution in [0.25, 0.3) is 0 Å². The standard InChI is InChI=1S/C9H16O2/c10-9(11)8-6-4-2-1-3-5-7-8/h8H,1-7H2,(H,10,11)/p-1. The van der Waals surface area contributed by atoms with Gasteiger partial charge < -0.3 is 9.90 Å². The largest absolute Gasteiger partial charge is 0.550 e. The quantitative estimate of drug-likeness (QED) is 0.568. The molecule has 1 saturated carbocycles. The molecule has 0 spiro atoms. The van der Waals surface area contributed by atoms with Crippen molar-refractivity contribution in [3.8, 4) is 0 Å². The van der Waals surface area contributed by atoms with Crippen LogP contribution in [0.4, 0.5) is 0 Å². The summed E-state index contributed by atoms with van der Waals surface area (Å²) in [5.41, 5.74) is 0. The summed E-state index contributed by atoms with van der Waals surface area (Å²) < 4.78 is 0. The van der Waals surface area contributed by atoms with Crippen molar-refractivity contribution in [2.24, 2.45) is 5.92 Å². The average Bonchev–Trinajstić information content (AvgIpc) is 1.84. The van der Waals surface area contributed by atoms with Crippen molar-refractivity contribution < 1.29 is 9.90 Å². The Kier molecular flexibility index (Phi) is 3.40. The summed E-state index contributed by atoms with van der Waals surface area (Å²) in [4.78, 5) is 10.5. The van der Waals surface area contributed by atoms with E-state index in [2.05, 4.69) is 0 Å². The Morgan fingerprint density at radius 2 is 1.45 bits per heavy atom. The first kappa shape index (κ1) is 8.57. The van der Waals surface area contributed by atoms with Gasteiger partial charge in [-0.1, -0.05) is 32.1 Å². The minimum absolute atomic E-state index is 0.157. The van der Waals surface area contributed by atoms with E-state index in [1.807, 2.05) is 0 Å². The summed E-state index contributed by atoms with van der Waals surface area (Å²) in [6.45, 7) is 0. The molecule has 1 aliphatic carbocycles. The van der Waals surface area contributed by atoms with Crippen molar-refractivity contribution in [1.82, 2.24) is 0 Å². The molecule has 0 amide bonds. The number of carbonyl (C=O) groups excluding carboxylic acids is 1. The summed E-state index contributed by atoms with van der Waals surface area (Å²) in [5, 5.41) is 10.5. The third-order valence-electron chi connectivity index (χ3n) is 2.44. The highest BCUT2D eigenvalue weighted by Gasteiger charge is 2.11. The van der Waals surface area contributed by atoms with Gasteiger partial charge in [-0.3, -0.25) is 0 Å². The Balaban J connectivity index is 2.32. The predicted octanol–water partition coefficient (Wildman–Crippen LogP) is 1.10. The number of aliphatic carboxylic acids is 1. The lowest BCUT2D eigenvalue weighted by Crippen LogP contribution is -2.31. The molecule has 0 aliphatic heterocycles. The van der Waals surface area contributed by atoms with E-state index in [0.717, 1.165) is 25.7 Å². The van der Waals surface area contributed by atoms with Crippen molar-refractivity contribution in [1.29, 1.82) is 0 Å². The van der Waals surface area contributed by atoms with Gasteiger partial charge in [0.15, 0.2) is 0 Å². The molecule has 2 heteroatoms. The summed E-state index contributed by atoms with van der Waals surface area (Å²) >= 11 is 0. The summed E-state index contributed by atoms with van der Waals surface area (Å²) in [7, 11) is 0. The van der Waals surface area contributed by atoms with Crippen LogP contribution in [0.3, 0.4) is 0 Å². The molecule has 0 bridgehead atoms. The van der Waals surface area contributed by atoms with E-state index in [1.165, 1.54) is 19.3 Å². The normalized spacial score (nSPS) is 22.2. The van der Waals surface area contributed by atoms with Gasteiger partial charge in [0.25, 0.3) is 0 Å². The minimum atomic E-state index is -0.841. The molecular weight excluding hydrogens is 140 g/mol. The van der Waals surface area contributed by atoms with Gasteiger partial charge in [0, 0.05) is 5.97 Å². The van der Waals surface area contributed by atoms with E-state index < -0.39 is 5.97 Å². The second-order valence-electron chi connectivity index (χ2n) is 3.36. The molecule has 0 aromatic heterocycles. The van der Waals surface area contributed by atoms with Crippen LogP contribution in [0.1, 0.15) is 44.9 Å². The third kappa shape index (κ3) is 2.91. The molecular formula is C9H15O2-. The Morgan fingerprint density at radius 1 is 1.00 bits per heavy atom. The fourth-order valence-corrected chi connectivity index (χ4v) is 1.69. The lowest BCUT2D eigenvalue weighted by Gasteiger charge is -2.19. The molecule has 2 nitrogen and oxygen atoms in total.